The van der Waals surface area contributed by atoms with Gasteiger partial charge in [0.2, 0.25) is 11.8 Å². The molecule has 2 atom stereocenters. The molecule has 0 aromatic heterocycles. The van der Waals surface area contributed by atoms with Gasteiger partial charge in [0.05, 0.1) is 11.6 Å². The smallest absolute Gasteiger partial charge is 0.265 e. The SMILES string of the molecule is CCc1ccccc1N1C[C@H](C(=O)Nc2ccc3c(c2)NC(=O)[C@@H](C)O3)CC1=O. The molecule has 2 N–H and O–H groups in total. The van der Waals surface area contributed by atoms with E-state index in [9.17, 15) is 14.4 Å². The summed E-state index contributed by atoms with van der Waals surface area (Å²) < 4.78 is 5.53. The van der Waals surface area contributed by atoms with Crippen molar-refractivity contribution >= 4 is 34.8 Å². The van der Waals surface area contributed by atoms with Crippen molar-refractivity contribution in [2.45, 2.75) is 32.8 Å². The molecule has 2 aromatic rings. The summed E-state index contributed by atoms with van der Waals surface area (Å²) in [5, 5.41) is 5.62. The molecule has 0 aliphatic carbocycles. The molecule has 2 heterocycles. The molecule has 0 spiro atoms. The molecule has 7 nitrogen and oxygen atoms in total. The van der Waals surface area contributed by atoms with Crippen molar-refractivity contribution in [3.63, 3.8) is 0 Å². The standard InChI is InChI=1S/C22H23N3O4/c1-3-14-6-4-5-7-18(14)25-12-15(10-20(25)26)22(28)23-16-8-9-19-17(11-16)24-21(27)13(2)29-19/h4-9,11,13,15H,3,10,12H2,1-2H3,(H,23,28)(H,24,27)/t13-,15-/m1/s1. The molecule has 0 bridgehead atoms. The third kappa shape index (κ3) is 3.68. The average molecular weight is 393 g/mol. The summed E-state index contributed by atoms with van der Waals surface area (Å²) in [6, 6.07) is 12.9. The topological polar surface area (TPSA) is 87.7 Å². The predicted molar refractivity (Wildman–Crippen MR) is 110 cm³/mol. The fourth-order valence-corrected chi connectivity index (χ4v) is 3.72. The number of nitrogens with one attached hydrogen (secondary N) is 2. The normalized spacial score (nSPS) is 20.7. The monoisotopic (exact) mass is 393 g/mol. The van der Waals surface area contributed by atoms with E-state index >= 15 is 0 Å². The van der Waals surface area contributed by atoms with Gasteiger partial charge in [-0.3, -0.25) is 14.4 Å². The maximum atomic E-state index is 12.8. The number of hydrogen-bond acceptors (Lipinski definition) is 4. The first-order chi connectivity index (χ1) is 14.0. The molecule has 29 heavy (non-hydrogen) atoms. The Morgan fingerprint density at radius 1 is 1.24 bits per heavy atom. The first kappa shape index (κ1) is 19.0. The van der Waals surface area contributed by atoms with Gasteiger partial charge in [0.15, 0.2) is 6.10 Å². The van der Waals surface area contributed by atoms with Crippen LogP contribution < -0.4 is 20.3 Å². The van der Waals surface area contributed by atoms with Crippen LogP contribution in [0.3, 0.4) is 0 Å². The van der Waals surface area contributed by atoms with Crippen LogP contribution in [0.4, 0.5) is 17.1 Å². The Balaban J connectivity index is 1.47. The van der Waals surface area contributed by atoms with E-state index in [4.69, 9.17) is 4.74 Å². The zero-order chi connectivity index (χ0) is 20.5. The summed E-state index contributed by atoms with van der Waals surface area (Å²) in [5.41, 5.74) is 3.03. The molecule has 3 amide bonds. The molecule has 1 saturated heterocycles. The number of carbonyl (C=O) groups excluding carboxylic acids is 3. The minimum absolute atomic E-state index is 0.0499. The van der Waals surface area contributed by atoms with Gasteiger partial charge in [-0.2, -0.15) is 0 Å². The Morgan fingerprint density at radius 2 is 2.03 bits per heavy atom. The summed E-state index contributed by atoms with van der Waals surface area (Å²) in [7, 11) is 0. The van der Waals surface area contributed by atoms with Crippen LogP contribution in [0.25, 0.3) is 0 Å². The third-order valence-electron chi connectivity index (χ3n) is 5.34. The predicted octanol–water partition coefficient (Wildman–Crippen LogP) is 2.96. The van der Waals surface area contributed by atoms with Crippen LogP contribution in [0.2, 0.25) is 0 Å². The number of para-hydroxylation sites is 1. The summed E-state index contributed by atoms with van der Waals surface area (Å²) in [4.78, 5) is 38.8. The molecule has 2 aliphatic rings. The summed E-state index contributed by atoms with van der Waals surface area (Å²) >= 11 is 0. The van der Waals surface area contributed by atoms with Gasteiger partial charge in [0.25, 0.3) is 5.91 Å². The van der Waals surface area contributed by atoms with Gasteiger partial charge in [-0.25, -0.2) is 0 Å². The number of nitrogens with zero attached hydrogens (tertiary/aromatic N) is 1. The second kappa shape index (κ2) is 7.58. The molecular formula is C22H23N3O4. The molecule has 0 radical (unpaired) electrons. The van der Waals surface area contributed by atoms with Crippen molar-refractivity contribution in [2.75, 3.05) is 22.1 Å². The van der Waals surface area contributed by atoms with Gasteiger partial charge < -0.3 is 20.3 Å². The molecule has 1 fully saturated rings. The molecule has 2 aliphatic heterocycles. The van der Waals surface area contributed by atoms with E-state index in [1.807, 2.05) is 31.2 Å². The largest absolute Gasteiger partial charge is 0.479 e. The second-order valence-electron chi connectivity index (χ2n) is 7.34. The maximum absolute atomic E-state index is 12.8. The number of rotatable bonds is 4. The Hall–Kier alpha value is -3.35. The average Bonchev–Trinajstić information content (AvgIpc) is 3.10. The number of anilines is 3. The van der Waals surface area contributed by atoms with Crippen molar-refractivity contribution in [2.24, 2.45) is 5.92 Å². The Bertz CT molecular complexity index is 988. The van der Waals surface area contributed by atoms with Crippen LogP contribution in [0.15, 0.2) is 42.5 Å². The van der Waals surface area contributed by atoms with E-state index in [1.54, 1.807) is 30.0 Å². The van der Waals surface area contributed by atoms with Gasteiger partial charge in [0, 0.05) is 24.3 Å². The third-order valence-corrected chi connectivity index (χ3v) is 5.34. The highest BCUT2D eigenvalue weighted by Crippen LogP contribution is 2.33. The van der Waals surface area contributed by atoms with E-state index in [0.29, 0.717) is 23.7 Å². The molecule has 0 unspecified atom stereocenters. The van der Waals surface area contributed by atoms with Crippen LogP contribution in [-0.4, -0.2) is 30.4 Å². The first-order valence-electron chi connectivity index (χ1n) is 9.77. The number of benzene rings is 2. The highest BCUT2D eigenvalue weighted by Gasteiger charge is 2.36. The number of fused-ring (bicyclic) bond motifs is 1. The van der Waals surface area contributed by atoms with E-state index in [-0.39, 0.29) is 24.1 Å². The number of aryl methyl sites for hydroxylation is 1. The van der Waals surface area contributed by atoms with Crippen molar-refractivity contribution in [1.82, 2.24) is 0 Å². The van der Waals surface area contributed by atoms with E-state index in [0.717, 1.165) is 17.7 Å². The summed E-state index contributed by atoms with van der Waals surface area (Å²) in [6.45, 7) is 4.07. The van der Waals surface area contributed by atoms with Gasteiger partial charge >= 0.3 is 0 Å². The lowest BCUT2D eigenvalue weighted by molar-refractivity contribution is -0.122. The fourth-order valence-electron chi connectivity index (χ4n) is 3.72. The van der Waals surface area contributed by atoms with Crippen LogP contribution in [0.1, 0.15) is 25.8 Å². The highest BCUT2D eigenvalue weighted by atomic mass is 16.5. The lowest BCUT2D eigenvalue weighted by atomic mass is 10.1. The zero-order valence-electron chi connectivity index (χ0n) is 16.4. The van der Waals surface area contributed by atoms with E-state index < -0.39 is 12.0 Å². The number of amides is 3. The van der Waals surface area contributed by atoms with Crippen LogP contribution in [-0.2, 0) is 20.8 Å². The maximum Gasteiger partial charge on any atom is 0.265 e. The lowest BCUT2D eigenvalue weighted by Crippen LogP contribution is -2.34. The van der Waals surface area contributed by atoms with E-state index in [2.05, 4.69) is 10.6 Å². The highest BCUT2D eigenvalue weighted by molar-refractivity contribution is 6.04. The fraction of sp³-hybridized carbons (Fsp3) is 0.318. The summed E-state index contributed by atoms with van der Waals surface area (Å²) in [6.07, 6.45) is 0.439. The number of ether oxygens (including phenoxy) is 1. The Kier molecular flexibility index (Phi) is 4.96. The molecule has 4 rings (SSSR count). The minimum atomic E-state index is -0.551. The van der Waals surface area contributed by atoms with Crippen molar-refractivity contribution in [3.8, 4) is 5.75 Å². The minimum Gasteiger partial charge on any atom is -0.479 e. The Morgan fingerprint density at radius 3 is 2.83 bits per heavy atom. The molecule has 150 valence electrons. The second-order valence-corrected chi connectivity index (χ2v) is 7.34. The Labute approximate surface area is 169 Å². The van der Waals surface area contributed by atoms with Crippen LogP contribution in [0, 0.1) is 5.92 Å². The summed E-state index contributed by atoms with van der Waals surface area (Å²) in [5.74, 6) is -0.368. The first-order valence-corrected chi connectivity index (χ1v) is 9.77. The van der Waals surface area contributed by atoms with Gasteiger partial charge in [-0.15, -0.1) is 0 Å². The van der Waals surface area contributed by atoms with Crippen molar-refractivity contribution in [1.29, 1.82) is 0 Å². The lowest BCUT2D eigenvalue weighted by Gasteiger charge is -2.24. The van der Waals surface area contributed by atoms with Gasteiger partial charge in [0.1, 0.15) is 5.75 Å². The number of hydrogen-bond donors (Lipinski definition) is 2. The molecule has 0 saturated carbocycles. The zero-order valence-corrected chi connectivity index (χ0v) is 16.4. The van der Waals surface area contributed by atoms with E-state index in [1.165, 1.54) is 0 Å². The van der Waals surface area contributed by atoms with Crippen molar-refractivity contribution < 1.29 is 19.1 Å². The quantitative estimate of drug-likeness (QED) is 0.836. The molecule has 7 heteroatoms. The number of carbonyl (C=O) groups is 3. The molecule has 2 aromatic carbocycles. The van der Waals surface area contributed by atoms with Gasteiger partial charge in [-0.1, -0.05) is 25.1 Å². The molecular weight excluding hydrogens is 370 g/mol. The van der Waals surface area contributed by atoms with Gasteiger partial charge in [-0.05, 0) is 43.2 Å². The van der Waals surface area contributed by atoms with Crippen molar-refractivity contribution in [3.05, 3.63) is 48.0 Å². The van der Waals surface area contributed by atoms with Crippen LogP contribution >= 0.6 is 0 Å². The van der Waals surface area contributed by atoms with Crippen LogP contribution in [0.5, 0.6) is 5.75 Å².